The molecule has 6 heteroatoms. The van der Waals surface area contributed by atoms with Crippen molar-refractivity contribution in [2.24, 2.45) is 0 Å². The number of halogens is 1. The average Bonchev–Trinajstić information content (AvgIpc) is 3.21. The number of hydrogen-bond donors (Lipinski definition) is 0. The third-order valence-electron chi connectivity index (χ3n) is 4.41. The minimum atomic E-state index is -0.262. The molecule has 0 saturated carbocycles. The van der Waals surface area contributed by atoms with E-state index in [-0.39, 0.29) is 5.82 Å². The second-order valence-corrected chi connectivity index (χ2v) is 5.97. The van der Waals surface area contributed by atoms with Crippen LogP contribution >= 0.6 is 0 Å². The number of hydrogen-bond acceptors (Lipinski definition) is 3. The topological polar surface area (TPSA) is 48.5 Å². The normalized spacial score (nSPS) is 11.3. The Balaban J connectivity index is 1.79. The van der Waals surface area contributed by atoms with Gasteiger partial charge in [-0.2, -0.15) is 0 Å². The van der Waals surface area contributed by atoms with Crippen LogP contribution in [-0.2, 0) is 13.1 Å². The van der Waals surface area contributed by atoms with E-state index in [0.717, 1.165) is 40.4 Å². The Morgan fingerprint density at radius 2 is 2.04 bits per heavy atom. The molecule has 0 aliphatic heterocycles. The minimum absolute atomic E-state index is 0.262. The van der Waals surface area contributed by atoms with Crippen LogP contribution in [0.1, 0.15) is 18.3 Å². The lowest BCUT2D eigenvalue weighted by Crippen LogP contribution is -2.09. The van der Waals surface area contributed by atoms with E-state index in [0.29, 0.717) is 6.54 Å². The molecule has 126 valence electrons. The largest absolute Gasteiger partial charge is 0.327 e. The van der Waals surface area contributed by atoms with Crippen LogP contribution < -0.4 is 0 Å². The smallest absolute Gasteiger partial charge is 0.140 e. The number of aromatic nitrogens is 5. The molecular weight excluding hydrogens is 317 g/mol. The number of nitrogens with zero attached hydrogens (tertiary/aromatic N) is 5. The highest BCUT2D eigenvalue weighted by Crippen LogP contribution is 2.24. The predicted molar refractivity (Wildman–Crippen MR) is 94.7 cm³/mol. The standard InChI is InChI=1S/C19H18FN5/c1-3-25-17-6-7-21-11-16(17)23-18(25)12-24-9-8-22-19(24)15-10-14(20)5-4-13(15)2/h4-11H,3,12H2,1-2H3. The Morgan fingerprint density at radius 1 is 1.16 bits per heavy atom. The van der Waals surface area contributed by atoms with E-state index >= 15 is 0 Å². The van der Waals surface area contributed by atoms with Crippen molar-refractivity contribution in [2.75, 3.05) is 0 Å². The summed E-state index contributed by atoms with van der Waals surface area (Å²) in [4.78, 5) is 13.3. The van der Waals surface area contributed by atoms with Crippen LogP contribution in [0, 0.1) is 12.7 Å². The first-order valence-electron chi connectivity index (χ1n) is 8.24. The van der Waals surface area contributed by atoms with Gasteiger partial charge in [-0.05, 0) is 37.6 Å². The van der Waals surface area contributed by atoms with Crippen molar-refractivity contribution in [3.8, 4) is 11.4 Å². The molecule has 0 saturated heterocycles. The monoisotopic (exact) mass is 335 g/mol. The third kappa shape index (κ3) is 2.69. The van der Waals surface area contributed by atoms with E-state index in [4.69, 9.17) is 4.98 Å². The molecule has 0 bridgehead atoms. The summed E-state index contributed by atoms with van der Waals surface area (Å²) < 4.78 is 17.9. The molecule has 0 aliphatic rings. The van der Waals surface area contributed by atoms with E-state index in [2.05, 4.69) is 21.5 Å². The molecule has 25 heavy (non-hydrogen) atoms. The Morgan fingerprint density at radius 3 is 2.88 bits per heavy atom. The van der Waals surface area contributed by atoms with Gasteiger partial charge in [0.05, 0.1) is 18.3 Å². The maximum atomic E-state index is 13.7. The molecule has 4 rings (SSSR count). The van der Waals surface area contributed by atoms with Crippen molar-refractivity contribution in [1.29, 1.82) is 0 Å². The van der Waals surface area contributed by atoms with Crippen molar-refractivity contribution in [3.05, 3.63) is 66.3 Å². The molecule has 1 aromatic carbocycles. The van der Waals surface area contributed by atoms with Crippen LogP contribution in [0.3, 0.4) is 0 Å². The number of fused-ring (bicyclic) bond motifs is 1. The van der Waals surface area contributed by atoms with Crippen LogP contribution in [0.4, 0.5) is 4.39 Å². The lowest BCUT2D eigenvalue weighted by Gasteiger charge is -2.11. The summed E-state index contributed by atoms with van der Waals surface area (Å²) in [6, 6.07) is 6.74. The van der Waals surface area contributed by atoms with E-state index in [9.17, 15) is 4.39 Å². The molecule has 0 fully saturated rings. The second-order valence-electron chi connectivity index (χ2n) is 5.97. The predicted octanol–water partition coefficient (Wildman–Crippen LogP) is 3.81. The van der Waals surface area contributed by atoms with Gasteiger partial charge in [-0.3, -0.25) is 4.98 Å². The molecular formula is C19H18FN5. The van der Waals surface area contributed by atoms with Gasteiger partial charge >= 0.3 is 0 Å². The van der Waals surface area contributed by atoms with Gasteiger partial charge in [-0.25, -0.2) is 14.4 Å². The van der Waals surface area contributed by atoms with Crippen molar-refractivity contribution in [2.45, 2.75) is 26.9 Å². The van der Waals surface area contributed by atoms with Gasteiger partial charge in [-0.1, -0.05) is 6.07 Å². The van der Waals surface area contributed by atoms with Crippen LogP contribution in [0.2, 0.25) is 0 Å². The molecule has 5 nitrogen and oxygen atoms in total. The number of imidazole rings is 2. The van der Waals surface area contributed by atoms with Crippen LogP contribution in [0.25, 0.3) is 22.4 Å². The summed E-state index contributed by atoms with van der Waals surface area (Å²) in [6.45, 7) is 5.43. The van der Waals surface area contributed by atoms with Crippen LogP contribution in [0.15, 0.2) is 49.1 Å². The fourth-order valence-electron chi connectivity index (χ4n) is 3.17. The van der Waals surface area contributed by atoms with Crippen LogP contribution in [-0.4, -0.2) is 24.1 Å². The molecule has 0 N–H and O–H groups in total. The molecule has 3 heterocycles. The molecule has 4 aromatic rings. The average molecular weight is 335 g/mol. The van der Waals surface area contributed by atoms with Crippen molar-refractivity contribution in [3.63, 3.8) is 0 Å². The maximum absolute atomic E-state index is 13.7. The molecule has 0 radical (unpaired) electrons. The zero-order chi connectivity index (χ0) is 17.4. The van der Waals surface area contributed by atoms with Gasteiger partial charge in [0.2, 0.25) is 0 Å². The zero-order valence-electron chi connectivity index (χ0n) is 14.1. The highest BCUT2D eigenvalue weighted by Gasteiger charge is 2.14. The Labute approximate surface area is 144 Å². The maximum Gasteiger partial charge on any atom is 0.140 e. The fraction of sp³-hybridized carbons (Fsp3) is 0.211. The third-order valence-corrected chi connectivity index (χ3v) is 4.41. The Kier molecular flexibility index (Phi) is 3.80. The van der Waals surface area contributed by atoms with E-state index in [1.165, 1.54) is 12.1 Å². The first kappa shape index (κ1) is 15.5. The summed E-state index contributed by atoms with van der Waals surface area (Å²) in [5.74, 6) is 1.41. The van der Waals surface area contributed by atoms with Gasteiger partial charge in [-0.15, -0.1) is 0 Å². The lowest BCUT2D eigenvalue weighted by molar-refractivity contribution is 0.627. The van der Waals surface area contributed by atoms with Gasteiger partial charge in [0.25, 0.3) is 0 Å². The first-order valence-corrected chi connectivity index (χ1v) is 8.24. The molecule has 0 unspecified atom stereocenters. The SMILES string of the molecule is CCn1c(Cn2ccnc2-c2cc(F)ccc2C)nc2cnccc21. The zero-order valence-corrected chi connectivity index (χ0v) is 14.1. The van der Waals surface area contributed by atoms with Crippen LogP contribution in [0.5, 0.6) is 0 Å². The molecule has 0 atom stereocenters. The summed E-state index contributed by atoms with van der Waals surface area (Å²) >= 11 is 0. The highest BCUT2D eigenvalue weighted by atomic mass is 19.1. The van der Waals surface area contributed by atoms with E-state index in [1.807, 2.05) is 23.8 Å². The molecule has 3 aromatic heterocycles. The second kappa shape index (κ2) is 6.12. The number of benzene rings is 1. The van der Waals surface area contributed by atoms with Gasteiger partial charge in [0.1, 0.15) is 23.0 Å². The first-order chi connectivity index (χ1) is 12.2. The fourth-order valence-corrected chi connectivity index (χ4v) is 3.17. The summed E-state index contributed by atoms with van der Waals surface area (Å²) in [5.41, 5.74) is 3.73. The summed E-state index contributed by atoms with van der Waals surface area (Å²) in [6.07, 6.45) is 7.19. The Hall–Kier alpha value is -3.02. The van der Waals surface area contributed by atoms with Crippen molar-refractivity contribution in [1.82, 2.24) is 24.1 Å². The highest BCUT2D eigenvalue weighted by molar-refractivity contribution is 5.74. The Bertz CT molecular complexity index is 1050. The quantitative estimate of drug-likeness (QED) is 0.570. The van der Waals surface area contributed by atoms with Gasteiger partial charge < -0.3 is 9.13 Å². The molecule has 0 spiro atoms. The number of pyridine rings is 1. The van der Waals surface area contributed by atoms with E-state index in [1.54, 1.807) is 24.7 Å². The van der Waals surface area contributed by atoms with Crippen molar-refractivity contribution >= 4 is 11.0 Å². The van der Waals surface area contributed by atoms with Gasteiger partial charge in [0, 0.05) is 30.7 Å². The van der Waals surface area contributed by atoms with E-state index < -0.39 is 0 Å². The number of rotatable bonds is 4. The molecule has 0 amide bonds. The summed E-state index contributed by atoms with van der Waals surface area (Å²) in [5, 5.41) is 0. The minimum Gasteiger partial charge on any atom is -0.327 e. The lowest BCUT2D eigenvalue weighted by atomic mass is 10.1. The van der Waals surface area contributed by atoms with Crippen molar-refractivity contribution < 1.29 is 4.39 Å². The van der Waals surface area contributed by atoms with Gasteiger partial charge in [0.15, 0.2) is 0 Å². The molecule has 0 aliphatic carbocycles. The number of aryl methyl sites for hydroxylation is 2. The summed E-state index contributed by atoms with van der Waals surface area (Å²) in [7, 11) is 0.